The van der Waals surface area contributed by atoms with Crippen molar-refractivity contribution in [1.29, 1.82) is 0 Å². The fraction of sp³-hybridized carbons (Fsp3) is 0.556. The van der Waals surface area contributed by atoms with E-state index in [0.717, 1.165) is 0 Å². The van der Waals surface area contributed by atoms with Crippen LogP contribution in [0.3, 0.4) is 0 Å². The van der Waals surface area contributed by atoms with Gasteiger partial charge in [-0.2, -0.15) is 0 Å². The van der Waals surface area contributed by atoms with Crippen molar-refractivity contribution in [2.75, 3.05) is 30.2 Å². The van der Waals surface area contributed by atoms with Gasteiger partial charge in [-0.05, 0) is 6.42 Å². The molecule has 10 nitrogen and oxygen atoms in total. The molecule has 1 fully saturated rings. The van der Waals surface area contributed by atoms with Gasteiger partial charge in [-0.15, -0.1) is 0 Å². The summed E-state index contributed by atoms with van der Waals surface area (Å²) < 4.78 is 17.4. The first-order valence-electron chi connectivity index (χ1n) is 5.82. The molecular formula is C9H16N5O5P. The Kier molecular flexibility index (Phi) is 4.00. The molecule has 0 spiro atoms. The van der Waals surface area contributed by atoms with Crippen LogP contribution in [0, 0.1) is 0 Å². The van der Waals surface area contributed by atoms with Crippen LogP contribution in [0.4, 0.5) is 5.82 Å². The average molecular weight is 305 g/mol. The quantitative estimate of drug-likeness (QED) is 0.475. The maximum absolute atomic E-state index is 11.1. The summed E-state index contributed by atoms with van der Waals surface area (Å²) in [6, 6.07) is 0. The molecule has 1 unspecified atom stereocenters. The summed E-state index contributed by atoms with van der Waals surface area (Å²) in [5.41, 5.74) is 10.9. The number of aromatic nitrogens is 2. The molecule has 20 heavy (non-hydrogen) atoms. The standard InChI is InChI=1S/C9H16N5O5P/c10-8-7(9(11)15)12-4-14(8)13-2-1-6(3-13)19-5-20(16,17)18/h4,6H,1-3,5,10H2,(H2,11,15)(H2,16,17,18). The molecule has 2 rings (SSSR count). The summed E-state index contributed by atoms with van der Waals surface area (Å²) in [4.78, 5) is 32.4. The molecular weight excluding hydrogens is 289 g/mol. The van der Waals surface area contributed by atoms with E-state index in [1.54, 1.807) is 5.01 Å². The summed E-state index contributed by atoms with van der Waals surface area (Å²) in [6.07, 6.45) is 1.03. The Bertz CT molecular complexity index is 555. The van der Waals surface area contributed by atoms with Crippen LogP contribution >= 0.6 is 7.60 Å². The second-order valence-corrected chi connectivity index (χ2v) is 6.06. The van der Waals surface area contributed by atoms with Crippen molar-refractivity contribution >= 4 is 19.3 Å². The molecule has 0 aliphatic carbocycles. The van der Waals surface area contributed by atoms with Crippen molar-refractivity contribution in [2.45, 2.75) is 12.5 Å². The van der Waals surface area contributed by atoms with Crippen molar-refractivity contribution in [3.63, 3.8) is 0 Å². The minimum atomic E-state index is -4.17. The van der Waals surface area contributed by atoms with Gasteiger partial charge in [0.2, 0.25) is 0 Å². The SMILES string of the molecule is NC(=O)c1ncn(N2CCC(OCP(=O)(O)O)C2)c1N. The zero-order chi connectivity index (χ0) is 14.9. The van der Waals surface area contributed by atoms with E-state index >= 15 is 0 Å². The molecule has 0 bridgehead atoms. The fourth-order valence-electron chi connectivity index (χ4n) is 2.01. The van der Waals surface area contributed by atoms with Gasteiger partial charge in [0.1, 0.15) is 12.7 Å². The lowest BCUT2D eigenvalue weighted by molar-refractivity contribution is 0.0897. The highest BCUT2D eigenvalue weighted by atomic mass is 31.2. The molecule has 1 aromatic rings. The second kappa shape index (κ2) is 5.41. The number of hydrogen-bond donors (Lipinski definition) is 4. The molecule has 1 aliphatic heterocycles. The van der Waals surface area contributed by atoms with Crippen LogP contribution in [0.1, 0.15) is 16.9 Å². The van der Waals surface area contributed by atoms with Crippen molar-refractivity contribution < 1.29 is 23.9 Å². The van der Waals surface area contributed by atoms with Gasteiger partial charge in [0.25, 0.3) is 5.91 Å². The predicted molar refractivity (Wildman–Crippen MR) is 69.5 cm³/mol. The van der Waals surface area contributed by atoms with E-state index in [0.29, 0.717) is 19.5 Å². The Labute approximate surface area is 114 Å². The van der Waals surface area contributed by atoms with Crippen LogP contribution in [-0.4, -0.2) is 50.9 Å². The number of imidazole rings is 1. The summed E-state index contributed by atoms with van der Waals surface area (Å²) in [6.45, 7) is 0.948. The van der Waals surface area contributed by atoms with Crippen molar-refractivity contribution in [2.24, 2.45) is 5.73 Å². The molecule has 1 aromatic heterocycles. The lowest BCUT2D eigenvalue weighted by Gasteiger charge is -2.20. The van der Waals surface area contributed by atoms with Crippen molar-refractivity contribution in [1.82, 2.24) is 9.66 Å². The first-order valence-corrected chi connectivity index (χ1v) is 7.61. The maximum Gasteiger partial charge on any atom is 0.350 e. The molecule has 0 aromatic carbocycles. The highest BCUT2D eigenvalue weighted by molar-refractivity contribution is 7.51. The molecule has 1 saturated heterocycles. The molecule has 0 radical (unpaired) electrons. The lowest BCUT2D eigenvalue weighted by Crippen LogP contribution is -2.34. The summed E-state index contributed by atoms with van der Waals surface area (Å²) in [7, 11) is -4.17. The van der Waals surface area contributed by atoms with Gasteiger partial charge < -0.3 is 31.0 Å². The Morgan fingerprint density at radius 2 is 2.30 bits per heavy atom. The van der Waals surface area contributed by atoms with Gasteiger partial charge in [0.05, 0.1) is 12.6 Å². The van der Waals surface area contributed by atoms with Crippen LogP contribution < -0.4 is 16.5 Å². The minimum Gasteiger partial charge on any atom is -0.382 e. The third-order valence-electron chi connectivity index (χ3n) is 2.93. The molecule has 1 aliphatic rings. The predicted octanol–water partition coefficient (Wildman–Crippen LogP) is -1.57. The normalized spacial score (nSPS) is 19.5. The first-order chi connectivity index (χ1) is 9.28. The number of nitrogen functional groups attached to an aromatic ring is 1. The maximum atomic E-state index is 11.1. The molecule has 0 saturated carbocycles. The lowest BCUT2D eigenvalue weighted by atomic mass is 10.3. The van der Waals surface area contributed by atoms with Crippen LogP contribution in [0.2, 0.25) is 0 Å². The molecule has 6 N–H and O–H groups in total. The molecule has 1 atom stereocenters. The molecule has 112 valence electrons. The monoisotopic (exact) mass is 305 g/mol. The Hall–Kier alpha value is -1.61. The van der Waals surface area contributed by atoms with Gasteiger partial charge in [-0.25, -0.2) is 9.66 Å². The number of hydrogen-bond acceptors (Lipinski definition) is 6. The Balaban J connectivity index is 1.99. The third-order valence-corrected chi connectivity index (χ3v) is 3.41. The first kappa shape index (κ1) is 14.8. The fourth-order valence-corrected chi connectivity index (χ4v) is 2.41. The topological polar surface area (TPSA) is 157 Å². The number of rotatable bonds is 5. The largest absolute Gasteiger partial charge is 0.382 e. The zero-order valence-electron chi connectivity index (χ0n) is 10.5. The van der Waals surface area contributed by atoms with Gasteiger partial charge in [-0.3, -0.25) is 9.36 Å². The third kappa shape index (κ3) is 3.28. The molecule has 11 heteroatoms. The van der Waals surface area contributed by atoms with E-state index in [2.05, 4.69) is 4.98 Å². The highest BCUT2D eigenvalue weighted by Crippen LogP contribution is 2.35. The van der Waals surface area contributed by atoms with Gasteiger partial charge in [0.15, 0.2) is 11.5 Å². The van der Waals surface area contributed by atoms with Crippen LogP contribution in [0.15, 0.2) is 6.33 Å². The second-order valence-electron chi connectivity index (χ2n) is 4.47. The number of carbonyl (C=O) groups excluding carboxylic acids is 1. The summed E-state index contributed by atoms with van der Waals surface area (Å²) in [5.74, 6) is -0.581. The number of nitrogens with two attached hydrogens (primary N) is 2. The summed E-state index contributed by atoms with van der Waals surface area (Å²) in [5, 5.41) is 1.76. The number of primary amides is 1. The number of nitrogens with zero attached hydrogens (tertiary/aromatic N) is 3. The minimum absolute atomic E-state index is 0.00964. The van der Waals surface area contributed by atoms with E-state index in [-0.39, 0.29) is 17.6 Å². The van der Waals surface area contributed by atoms with E-state index in [4.69, 9.17) is 26.0 Å². The van der Waals surface area contributed by atoms with E-state index < -0.39 is 19.9 Å². The number of amides is 1. The van der Waals surface area contributed by atoms with Crippen LogP contribution in [0.25, 0.3) is 0 Å². The number of ether oxygens (including phenoxy) is 1. The van der Waals surface area contributed by atoms with Crippen LogP contribution in [-0.2, 0) is 9.30 Å². The van der Waals surface area contributed by atoms with E-state index in [9.17, 15) is 9.36 Å². The van der Waals surface area contributed by atoms with Crippen molar-refractivity contribution in [3.8, 4) is 0 Å². The number of anilines is 1. The van der Waals surface area contributed by atoms with Gasteiger partial charge >= 0.3 is 7.60 Å². The highest BCUT2D eigenvalue weighted by Gasteiger charge is 2.28. The zero-order valence-corrected chi connectivity index (χ0v) is 11.4. The Morgan fingerprint density at radius 1 is 1.60 bits per heavy atom. The van der Waals surface area contributed by atoms with E-state index in [1.165, 1.54) is 11.0 Å². The van der Waals surface area contributed by atoms with Gasteiger partial charge in [0, 0.05) is 6.54 Å². The molecule has 2 heterocycles. The smallest absolute Gasteiger partial charge is 0.350 e. The van der Waals surface area contributed by atoms with Crippen molar-refractivity contribution in [3.05, 3.63) is 12.0 Å². The van der Waals surface area contributed by atoms with Crippen LogP contribution in [0.5, 0.6) is 0 Å². The van der Waals surface area contributed by atoms with Gasteiger partial charge in [-0.1, -0.05) is 0 Å². The number of carbonyl (C=O) groups is 1. The Morgan fingerprint density at radius 3 is 2.85 bits per heavy atom. The summed E-state index contributed by atoms with van der Waals surface area (Å²) >= 11 is 0. The average Bonchev–Trinajstić information content (AvgIpc) is 2.91. The molecule has 1 amide bonds. The van der Waals surface area contributed by atoms with E-state index in [1.807, 2.05) is 0 Å².